The first kappa shape index (κ1) is 17.0. The molecule has 1 N–H and O–H groups in total. The second-order valence-corrected chi connectivity index (χ2v) is 6.25. The van der Waals surface area contributed by atoms with Crippen LogP contribution in [0.1, 0.15) is 19.5 Å². The molecule has 0 aliphatic heterocycles. The normalized spacial score (nSPS) is 10.7. The molecule has 0 aliphatic rings. The lowest BCUT2D eigenvalue weighted by molar-refractivity contribution is 0.253. The van der Waals surface area contributed by atoms with Gasteiger partial charge in [-0.1, -0.05) is 11.3 Å². The van der Waals surface area contributed by atoms with E-state index in [0.29, 0.717) is 11.1 Å². The van der Waals surface area contributed by atoms with Gasteiger partial charge in [0.25, 0.3) is 0 Å². The Morgan fingerprint density at radius 2 is 2.08 bits per heavy atom. The van der Waals surface area contributed by atoms with Crippen LogP contribution in [0.25, 0.3) is 10.6 Å². The number of hydrogen-bond acceptors (Lipinski definition) is 7. The SMILES string of the molecule is CCN(CC)c1nccc(-c2sc(NC(=O)n3ccnc3)nc2C)n1. The van der Waals surface area contributed by atoms with Gasteiger partial charge in [-0.15, -0.1) is 0 Å². The Morgan fingerprint density at radius 3 is 2.76 bits per heavy atom. The monoisotopic (exact) mass is 357 g/mol. The molecule has 3 heterocycles. The minimum Gasteiger partial charge on any atom is -0.341 e. The molecule has 1 amide bonds. The van der Waals surface area contributed by atoms with Crippen LogP contribution in [0, 0.1) is 6.92 Å². The third kappa shape index (κ3) is 3.66. The summed E-state index contributed by atoms with van der Waals surface area (Å²) in [5.74, 6) is 0.694. The molecule has 0 aliphatic carbocycles. The third-order valence-electron chi connectivity index (χ3n) is 3.67. The summed E-state index contributed by atoms with van der Waals surface area (Å²) in [6.45, 7) is 7.72. The maximum Gasteiger partial charge on any atom is 0.333 e. The number of anilines is 2. The molecule has 0 unspecified atom stereocenters. The summed E-state index contributed by atoms with van der Waals surface area (Å²) < 4.78 is 1.36. The van der Waals surface area contributed by atoms with Crippen molar-refractivity contribution in [1.29, 1.82) is 0 Å². The number of aryl methyl sites for hydroxylation is 1. The number of aromatic nitrogens is 5. The molecule has 0 radical (unpaired) electrons. The van der Waals surface area contributed by atoms with Crippen molar-refractivity contribution in [3.05, 3.63) is 36.7 Å². The van der Waals surface area contributed by atoms with Crippen molar-refractivity contribution in [1.82, 2.24) is 24.5 Å². The second-order valence-electron chi connectivity index (χ2n) is 5.25. The number of amides is 1. The fourth-order valence-corrected chi connectivity index (χ4v) is 3.28. The lowest BCUT2D eigenvalue weighted by Crippen LogP contribution is -2.24. The third-order valence-corrected chi connectivity index (χ3v) is 4.77. The van der Waals surface area contributed by atoms with Gasteiger partial charge in [-0.05, 0) is 26.8 Å². The van der Waals surface area contributed by atoms with Gasteiger partial charge in [-0.3, -0.25) is 9.88 Å². The van der Waals surface area contributed by atoms with E-state index < -0.39 is 0 Å². The number of thiazole rings is 1. The van der Waals surface area contributed by atoms with E-state index in [0.717, 1.165) is 29.4 Å². The van der Waals surface area contributed by atoms with Gasteiger partial charge in [0.15, 0.2) is 5.13 Å². The van der Waals surface area contributed by atoms with Crippen molar-refractivity contribution in [2.45, 2.75) is 20.8 Å². The highest BCUT2D eigenvalue weighted by Crippen LogP contribution is 2.32. The molecule has 3 aromatic heterocycles. The second kappa shape index (κ2) is 7.39. The number of rotatable bonds is 5. The molecule has 0 atom stereocenters. The van der Waals surface area contributed by atoms with E-state index in [2.05, 4.69) is 44.0 Å². The largest absolute Gasteiger partial charge is 0.341 e. The van der Waals surface area contributed by atoms with E-state index in [-0.39, 0.29) is 6.03 Å². The molecule has 3 rings (SSSR count). The number of imidazole rings is 1. The van der Waals surface area contributed by atoms with Crippen LogP contribution in [-0.2, 0) is 0 Å². The minimum atomic E-state index is -0.302. The molecule has 0 bridgehead atoms. The first-order valence-electron chi connectivity index (χ1n) is 7.97. The van der Waals surface area contributed by atoms with Crippen molar-refractivity contribution < 1.29 is 4.79 Å². The van der Waals surface area contributed by atoms with E-state index in [9.17, 15) is 4.79 Å². The maximum absolute atomic E-state index is 12.1. The summed E-state index contributed by atoms with van der Waals surface area (Å²) in [4.78, 5) is 32.4. The van der Waals surface area contributed by atoms with Crippen LogP contribution in [0.2, 0.25) is 0 Å². The van der Waals surface area contributed by atoms with Crippen molar-refractivity contribution in [2.75, 3.05) is 23.3 Å². The van der Waals surface area contributed by atoms with Crippen LogP contribution >= 0.6 is 11.3 Å². The molecular formula is C16H19N7OS. The molecule has 0 aromatic carbocycles. The van der Waals surface area contributed by atoms with Crippen LogP contribution in [0.5, 0.6) is 0 Å². The summed E-state index contributed by atoms with van der Waals surface area (Å²) in [6.07, 6.45) is 6.32. The zero-order valence-corrected chi connectivity index (χ0v) is 15.1. The highest BCUT2D eigenvalue weighted by Gasteiger charge is 2.15. The van der Waals surface area contributed by atoms with Gasteiger partial charge in [-0.25, -0.2) is 24.7 Å². The molecular weight excluding hydrogens is 338 g/mol. The fraction of sp³-hybridized carbons (Fsp3) is 0.312. The van der Waals surface area contributed by atoms with Gasteiger partial charge < -0.3 is 4.90 Å². The van der Waals surface area contributed by atoms with Crippen LogP contribution in [0.3, 0.4) is 0 Å². The Labute approximate surface area is 149 Å². The van der Waals surface area contributed by atoms with Crippen LogP contribution in [-0.4, -0.2) is 43.6 Å². The number of carbonyl (C=O) groups excluding carboxylic acids is 1. The maximum atomic E-state index is 12.1. The number of nitrogens with one attached hydrogen (secondary N) is 1. The van der Waals surface area contributed by atoms with Gasteiger partial charge in [0.1, 0.15) is 6.33 Å². The topological polar surface area (TPSA) is 88.8 Å². The Kier molecular flexibility index (Phi) is 5.03. The van der Waals surface area contributed by atoms with E-state index in [4.69, 9.17) is 0 Å². The Morgan fingerprint density at radius 1 is 1.28 bits per heavy atom. The van der Waals surface area contributed by atoms with Gasteiger partial charge in [0.05, 0.1) is 16.3 Å². The van der Waals surface area contributed by atoms with Crippen LogP contribution in [0.4, 0.5) is 15.9 Å². The Balaban J connectivity index is 1.85. The summed E-state index contributed by atoms with van der Waals surface area (Å²) in [7, 11) is 0. The molecule has 3 aromatic rings. The molecule has 130 valence electrons. The number of carbonyl (C=O) groups is 1. The van der Waals surface area contributed by atoms with Gasteiger partial charge in [0, 0.05) is 31.7 Å². The van der Waals surface area contributed by atoms with E-state index in [1.54, 1.807) is 18.6 Å². The minimum absolute atomic E-state index is 0.302. The van der Waals surface area contributed by atoms with Gasteiger partial charge in [-0.2, -0.15) is 0 Å². The number of hydrogen-bond donors (Lipinski definition) is 1. The van der Waals surface area contributed by atoms with Gasteiger partial charge in [0.2, 0.25) is 5.95 Å². The lowest BCUT2D eigenvalue weighted by atomic mass is 10.3. The molecule has 0 fully saturated rings. The molecule has 0 saturated carbocycles. The first-order chi connectivity index (χ1) is 12.1. The molecule has 9 heteroatoms. The van der Waals surface area contributed by atoms with E-state index >= 15 is 0 Å². The van der Waals surface area contributed by atoms with Crippen molar-refractivity contribution in [3.8, 4) is 10.6 Å². The predicted molar refractivity (Wildman–Crippen MR) is 98.1 cm³/mol. The quantitative estimate of drug-likeness (QED) is 0.755. The van der Waals surface area contributed by atoms with Crippen LogP contribution in [0.15, 0.2) is 31.0 Å². The predicted octanol–water partition coefficient (Wildman–Crippen LogP) is 3.03. The average molecular weight is 357 g/mol. The summed E-state index contributed by atoms with van der Waals surface area (Å²) in [5.41, 5.74) is 1.62. The van der Waals surface area contributed by atoms with E-state index in [1.165, 1.54) is 22.2 Å². The molecule has 0 saturated heterocycles. The van der Waals surface area contributed by atoms with E-state index in [1.807, 2.05) is 13.0 Å². The zero-order chi connectivity index (χ0) is 17.8. The van der Waals surface area contributed by atoms with Crippen molar-refractivity contribution in [2.24, 2.45) is 0 Å². The first-order valence-corrected chi connectivity index (χ1v) is 8.79. The highest BCUT2D eigenvalue weighted by molar-refractivity contribution is 7.19. The fourth-order valence-electron chi connectivity index (χ4n) is 2.36. The smallest absolute Gasteiger partial charge is 0.333 e. The highest BCUT2D eigenvalue weighted by atomic mass is 32.1. The lowest BCUT2D eigenvalue weighted by Gasteiger charge is -2.18. The number of nitrogens with zero attached hydrogens (tertiary/aromatic N) is 6. The van der Waals surface area contributed by atoms with Crippen molar-refractivity contribution >= 4 is 28.4 Å². The Bertz CT molecular complexity index is 855. The van der Waals surface area contributed by atoms with Crippen LogP contribution < -0.4 is 10.2 Å². The van der Waals surface area contributed by atoms with Gasteiger partial charge >= 0.3 is 6.03 Å². The summed E-state index contributed by atoms with van der Waals surface area (Å²) in [6, 6.07) is 1.55. The summed E-state index contributed by atoms with van der Waals surface area (Å²) in [5, 5.41) is 3.30. The Hall–Kier alpha value is -2.81. The van der Waals surface area contributed by atoms with Crippen molar-refractivity contribution in [3.63, 3.8) is 0 Å². The molecule has 25 heavy (non-hydrogen) atoms. The molecule has 8 nitrogen and oxygen atoms in total. The standard InChI is InChI=1S/C16H19N7OS/c1-4-22(5-2)14-18-7-6-12(20-14)13-11(3)19-15(25-13)21-16(24)23-9-8-17-10-23/h6-10H,4-5H2,1-3H3,(H,19,21,24). The summed E-state index contributed by atoms with van der Waals surface area (Å²) >= 11 is 1.39. The molecule has 0 spiro atoms. The zero-order valence-electron chi connectivity index (χ0n) is 14.3. The average Bonchev–Trinajstić information content (AvgIpc) is 3.26.